The van der Waals surface area contributed by atoms with Crippen molar-refractivity contribution in [1.29, 1.82) is 0 Å². The highest BCUT2D eigenvalue weighted by molar-refractivity contribution is 5.42. The van der Waals surface area contributed by atoms with E-state index in [0.717, 1.165) is 0 Å². The zero-order valence-corrected chi connectivity index (χ0v) is 10.5. The van der Waals surface area contributed by atoms with Gasteiger partial charge in [-0.05, 0) is 24.8 Å². The van der Waals surface area contributed by atoms with Gasteiger partial charge in [0.15, 0.2) is 11.5 Å². The first-order valence-corrected chi connectivity index (χ1v) is 5.89. The lowest BCUT2D eigenvalue weighted by atomic mass is 9.77. The minimum atomic E-state index is -1.20. The molecule has 0 spiro atoms. The Kier molecular flexibility index (Phi) is 4.56. The second-order valence-electron chi connectivity index (χ2n) is 4.47. The first-order valence-electron chi connectivity index (χ1n) is 5.89. The monoisotopic (exact) mass is 248 g/mol. The first-order chi connectivity index (χ1) is 8.50. The topological polar surface area (TPSA) is 60.7 Å². The second-order valence-corrected chi connectivity index (χ2v) is 4.47. The molecule has 0 fully saturated rings. The minimum Gasteiger partial charge on any atom is -0.504 e. The van der Waals surface area contributed by atoms with Gasteiger partial charge < -0.3 is 15.3 Å². The molecular weight excluding hydrogens is 228 g/mol. The van der Waals surface area contributed by atoms with Gasteiger partial charge in [-0.1, -0.05) is 18.2 Å². The Bertz CT molecular complexity index is 429. The van der Waals surface area contributed by atoms with Crippen LogP contribution in [0.5, 0.6) is 0 Å². The number of allylic oxidation sites excluding steroid dienone is 2. The minimum absolute atomic E-state index is 0.152. The number of hydrogen-bond donors (Lipinski definition) is 3. The summed E-state index contributed by atoms with van der Waals surface area (Å²) in [4.78, 5) is 0. The van der Waals surface area contributed by atoms with Gasteiger partial charge in [-0.3, -0.25) is 0 Å². The predicted octanol–water partition coefficient (Wildman–Crippen LogP) is 3.47. The third-order valence-electron chi connectivity index (χ3n) is 3.13. The maximum atomic E-state index is 10.6. The number of aliphatic hydroxyl groups is 3. The highest BCUT2D eigenvalue weighted by Crippen LogP contribution is 2.40. The van der Waals surface area contributed by atoms with Gasteiger partial charge in [0.2, 0.25) is 0 Å². The molecule has 98 valence electrons. The second kappa shape index (κ2) is 5.74. The van der Waals surface area contributed by atoms with Crippen LogP contribution in [0.3, 0.4) is 0 Å². The maximum Gasteiger partial charge on any atom is 0.159 e. The van der Waals surface area contributed by atoms with Crippen LogP contribution in [0.1, 0.15) is 25.7 Å². The third-order valence-corrected chi connectivity index (χ3v) is 3.13. The van der Waals surface area contributed by atoms with Gasteiger partial charge >= 0.3 is 0 Å². The molecule has 1 atom stereocenters. The summed E-state index contributed by atoms with van der Waals surface area (Å²) in [5, 5.41) is 30.6. The van der Waals surface area contributed by atoms with Crippen LogP contribution in [0.4, 0.5) is 0 Å². The number of rotatable bonds is 6. The van der Waals surface area contributed by atoms with Crippen molar-refractivity contribution in [1.82, 2.24) is 0 Å². The van der Waals surface area contributed by atoms with Gasteiger partial charge in [-0.15, -0.1) is 19.7 Å². The zero-order valence-electron chi connectivity index (χ0n) is 10.5. The van der Waals surface area contributed by atoms with Crippen LogP contribution in [-0.4, -0.2) is 20.9 Å². The van der Waals surface area contributed by atoms with E-state index in [4.69, 9.17) is 0 Å². The van der Waals surface area contributed by atoms with Gasteiger partial charge in [0.25, 0.3) is 0 Å². The smallest absolute Gasteiger partial charge is 0.159 e. The van der Waals surface area contributed by atoms with Crippen LogP contribution < -0.4 is 0 Å². The summed E-state index contributed by atoms with van der Waals surface area (Å²) in [6.45, 7) is 10.8. The fourth-order valence-corrected chi connectivity index (χ4v) is 2.28. The summed E-state index contributed by atoms with van der Waals surface area (Å²) in [7, 11) is 0. The highest BCUT2D eigenvalue weighted by Gasteiger charge is 2.38. The lowest BCUT2D eigenvalue weighted by molar-refractivity contribution is 0.0666. The van der Waals surface area contributed by atoms with E-state index < -0.39 is 5.60 Å². The van der Waals surface area contributed by atoms with Crippen LogP contribution >= 0.6 is 0 Å². The van der Waals surface area contributed by atoms with E-state index in [9.17, 15) is 15.3 Å². The van der Waals surface area contributed by atoms with Crippen molar-refractivity contribution in [2.75, 3.05) is 0 Å². The molecule has 0 bridgehead atoms. The van der Waals surface area contributed by atoms with E-state index in [1.165, 1.54) is 0 Å². The Labute approximate surface area is 108 Å². The molecule has 0 saturated heterocycles. The van der Waals surface area contributed by atoms with Crippen molar-refractivity contribution in [3.05, 3.63) is 60.6 Å². The summed E-state index contributed by atoms with van der Waals surface area (Å²) in [6.07, 6.45) is 6.15. The Hall–Kier alpha value is -1.74. The van der Waals surface area contributed by atoms with Crippen molar-refractivity contribution in [3.8, 4) is 0 Å². The van der Waals surface area contributed by atoms with E-state index >= 15 is 0 Å². The van der Waals surface area contributed by atoms with Gasteiger partial charge in [0.05, 0.1) is 5.60 Å². The number of aliphatic hydroxyl groups excluding tert-OH is 2. The molecule has 18 heavy (non-hydrogen) atoms. The average molecular weight is 248 g/mol. The van der Waals surface area contributed by atoms with Crippen molar-refractivity contribution in [2.45, 2.75) is 31.3 Å². The standard InChI is InChI=1S/C15H20O3/c1-4-7-11-10-15(18,9-6-3)12(8-5-2)14(17)13(11)16/h4-6,16-18H,1-3,7-10H2. The van der Waals surface area contributed by atoms with E-state index in [2.05, 4.69) is 19.7 Å². The lowest BCUT2D eigenvalue weighted by Gasteiger charge is -2.35. The molecule has 0 aromatic heterocycles. The van der Waals surface area contributed by atoms with E-state index in [1.807, 2.05) is 0 Å². The fourth-order valence-electron chi connectivity index (χ4n) is 2.28. The summed E-state index contributed by atoms with van der Waals surface area (Å²) >= 11 is 0. The van der Waals surface area contributed by atoms with Crippen molar-refractivity contribution < 1.29 is 15.3 Å². The molecule has 1 aliphatic rings. The Morgan fingerprint density at radius 1 is 1.00 bits per heavy atom. The zero-order chi connectivity index (χ0) is 13.8. The SMILES string of the molecule is C=CCC1=C(O)C(O)=C(CC=C)C(O)(CC=C)C1. The Balaban J connectivity index is 3.29. The van der Waals surface area contributed by atoms with Crippen LogP contribution in [-0.2, 0) is 0 Å². The van der Waals surface area contributed by atoms with E-state index in [1.54, 1.807) is 18.2 Å². The van der Waals surface area contributed by atoms with Crippen molar-refractivity contribution in [2.24, 2.45) is 0 Å². The number of hydrogen-bond acceptors (Lipinski definition) is 3. The van der Waals surface area contributed by atoms with Crippen molar-refractivity contribution >= 4 is 0 Å². The molecule has 0 saturated carbocycles. The molecule has 1 aliphatic carbocycles. The maximum absolute atomic E-state index is 10.6. The molecule has 3 heteroatoms. The fraction of sp³-hybridized carbons (Fsp3) is 0.333. The predicted molar refractivity (Wildman–Crippen MR) is 73.3 cm³/mol. The van der Waals surface area contributed by atoms with Crippen LogP contribution in [0.15, 0.2) is 60.6 Å². The summed E-state index contributed by atoms with van der Waals surface area (Å²) in [6, 6.07) is 0. The Morgan fingerprint density at radius 2 is 1.61 bits per heavy atom. The molecule has 0 aromatic rings. The molecule has 0 amide bonds. The van der Waals surface area contributed by atoms with Gasteiger partial charge in [0.1, 0.15) is 0 Å². The summed E-state index contributed by atoms with van der Waals surface area (Å²) < 4.78 is 0. The highest BCUT2D eigenvalue weighted by atomic mass is 16.3. The van der Waals surface area contributed by atoms with Gasteiger partial charge in [-0.2, -0.15) is 0 Å². The molecule has 0 aromatic carbocycles. The molecule has 3 N–H and O–H groups in total. The van der Waals surface area contributed by atoms with E-state index in [-0.39, 0.29) is 17.9 Å². The molecule has 1 rings (SSSR count). The summed E-state index contributed by atoms with van der Waals surface area (Å²) in [5.41, 5.74) is -0.229. The molecular formula is C15H20O3. The summed E-state index contributed by atoms with van der Waals surface area (Å²) in [5.74, 6) is -0.400. The van der Waals surface area contributed by atoms with E-state index in [0.29, 0.717) is 30.4 Å². The molecule has 0 heterocycles. The molecule has 0 radical (unpaired) electrons. The quantitative estimate of drug-likeness (QED) is 0.631. The molecule has 1 unspecified atom stereocenters. The average Bonchev–Trinajstić information content (AvgIpc) is 2.32. The molecule has 0 aliphatic heterocycles. The Morgan fingerprint density at radius 3 is 2.11 bits per heavy atom. The van der Waals surface area contributed by atoms with Gasteiger partial charge in [0, 0.05) is 12.0 Å². The lowest BCUT2D eigenvalue weighted by Crippen LogP contribution is -2.35. The van der Waals surface area contributed by atoms with Gasteiger partial charge in [-0.25, -0.2) is 0 Å². The largest absolute Gasteiger partial charge is 0.504 e. The van der Waals surface area contributed by atoms with Crippen LogP contribution in [0.25, 0.3) is 0 Å². The van der Waals surface area contributed by atoms with Crippen molar-refractivity contribution in [3.63, 3.8) is 0 Å². The normalized spacial score (nSPS) is 24.1. The third kappa shape index (κ3) is 2.57. The van der Waals surface area contributed by atoms with Crippen LogP contribution in [0, 0.1) is 0 Å². The first kappa shape index (κ1) is 14.3. The molecule has 3 nitrogen and oxygen atoms in total. The van der Waals surface area contributed by atoms with Crippen LogP contribution in [0.2, 0.25) is 0 Å².